The lowest BCUT2D eigenvalue weighted by molar-refractivity contribution is 0.0691. The Hall–Kier alpha value is -1.69. The fraction of sp³-hybridized carbons (Fsp3) is 0.533. The summed E-state index contributed by atoms with van der Waals surface area (Å²) in [5.41, 5.74) is 2.02. The van der Waals surface area contributed by atoms with Crippen LogP contribution in [0.25, 0.3) is 0 Å². The van der Waals surface area contributed by atoms with Gasteiger partial charge in [0, 0.05) is 23.7 Å². The minimum Gasteiger partial charge on any atom is -0.350 e. The summed E-state index contributed by atoms with van der Waals surface area (Å²) in [6.45, 7) is 0.776. The molecule has 1 saturated heterocycles. The lowest BCUT2D eigenvalue weighted by Crippen LogP contribution is -2.31. The highest BCUT2D eigenvalue weighted by atomic mass is 32.1. The number of carbonyl (C=O) groups is 1. The van der Waals surface area contributed by atoms with Gasteiger partial charge in [-0.3, -0.25) is 4.79 Å². The monoisotopic (exact) mass is 303 g/mol. The Bertz CT molecular complexity index is 650. The fourth-order valence-corrected chi connectivity index (χ4v) is 4.14. The van der Waals surface area contributed by atoms with E-state index in [-0.39, 0.29) is 11.9 Å². The van der Waals surface area contributed by atoms with Crippen molar-refractivity contribution in [2.45, 2.75) is 44.6 Å². The van der Waals surface area contributed by atoms with E-state index in [1.54, 1.807) is 17.5 Å². The van der Waals surface area contributed by atoms with Crippen molar-refractivity contribution in [1.29, 1.82) is 0 Å². The van der Waals surface area contributed by atoms with Crippen LogP contribution in [0.4, 0.5) is 0 Å². The van der Waals surface area contributed by atoms with Crippen molar-refractivity contribution in [3.63, 3.8) is 0 Å². The van der Waals surface area contributed by atoms with Gasteiger partial charge >= 0.3 is 0 Å². The number of aromatic nitrogens is 2. The number of aryl methyl sites for hydroxylation is 1. The van der Waals surface area contributed by atoms with Gasteiger partial charge in [-0.2, -0.15) is 0 Å². The van der Waals surface area contributed by atoms with Gasteiger partial charge in [-0.15, -0.1) is 11.3 Å². The third-order valence-corrected chi connectivity index (χ3v) is 5.28. The maximum Gasteiger partial charge on any atom is 0.293 e. The summed E-state index contributed by atoms with van der Waals surface area (Å²) in [4.78, 5) is 19.1. The zero-order valence-corrected chi connectivity index (χ0v) is 12.6. The number of hydrogen-bond acceptors (Lipinski definition) is 5. The molecule has 0 unspecified atom stereocenters. The smallest absolute Gasteiger partial charge is 0.293 e. The molecular weight excluding hydrogens is 286 g/mol. The molecule has 0 radical (unpaired) electrons. The van der Waals surface area contributed by atoms with Crippen molar-refractivity contribution in [3.8, 4) is 0 Å². The summed E-state index contributed by atoms with van der Waals surface area (Å²) >= 11 is 1.62. The summed E-state index contributed by atoms with van der Waals surface area (Å²) in [5.74, 6) is 0.455. The first kappa shape index (κ1) is 13.0. The van der Waals surface area contributed by atoms with Crippen molar-refractivity contribution in [2.75, 3.05) is 6.54 Å². The zero-order valence-electron chi connectivity index (χ0n) is 11.7. The first-order valence-electron chi connectivity index (χ1n) is 7.52. The number of fused-ring (bicyclic) bond motifs is 1. The second-order valence-corrected chi connectivity index (χ2v) is 6.60. The van der Waals surface area contributed by atoms with Crippen molar-refractivity contribution in [2.24, 2.45) is 0 Å². The first-order chi connectivity index (χ1) is 10.3. The number of hydrogen-bond donors (Lipinski definition) is 0. The number of likely N-dealkylation sites (tertiary alicyclic amines) is 1. The SMILES string of the molecule is O=C(c1onc2c1CCCC2)N1CCC[C@@H]1c1nccs1. The standard InChI is InChI=1S/C15H17N3O2S/c19-15(13-10-4-1-2-5-11(10)17-20-13)18-8-3-6-12(18)14-16-7-9-21-14/h7,9,12H,1-6,8H2/t12-/m1/s1. The van der Waals surface area contributed by atoms with Crippen LogP contribution in [-0.4, -0.2) is 27.5 Å². The van der Waals surface area contributed by atoms with Crippen LogP contribution in [-0.2, 0) is 12.8 Å². The van der Waals surface area contributed by atoms with Gasteiger partial charge in [-0.1, -0.05) is 5.16 Å². The van der Waals surface area contributed by atoms with Crippen LogP contribution in [0.2, 0.25) is 0 Å². The molecule has 1 fully saturated rings. The van der Waals surface area contributed by atoms with Crippen LogP contribution in [0.5, 0.6) is 0 Å². The Morgan fingerprint density at radius 1 is 1.33 bits per heavy atom. The summed E-state index contributed by atoms with van der Waals surface area (Å²) in [7, 11) is 0. The Labute approximate surface area is 127 Å². The van der Waals surface area contributed by atoms with Crippen LogP contribution in [0.3, 0.4) is 0 Å². The highest BCUT2D eigenvalue weighted by Crippen LogP contribution is 2.35. The molecule has 3 heterocycles. The van der Waals surface area contributed by atoms with Gasteiger partial charge in [0.2, 0.25) is 5.76 Å². The van der Waals surface area contributed by atoms with Crippen LogP contribution in [0.1, 0.15) is 58.5 Å². The molecule has 5 nitrogen and oxygen atoms in total. The van der Waals surface area contributed by atoms with Crippen LogP contribution < -0.4 is 0 Å². The molecule has 0 bridgehead atoms. The number of thiazole rings is 1. The Morgan fingerprint density at radius 3 is 3.10 bits per heavy atom. The summed E-state index contributed by atoms with van der Waals surface area (Å²) in [5, 5.41) is 7.09. The molecule has 0 spiro atoms. The molecule has 6 heteroatoms. The van der Waals surface area contributed by atoms with Gasteiger partial charge in [0.1, 0.15) is 5.01 Å². The Kier molecular flexibility index (Phi) is 3.25. The van der Waals surface area contributed by atoms with Gasteiger partial charge in [-0.25, -0.2) is 4.98 Å². The average molecular weight is 303 g/mol. The van der Waals surface area contributed by atoms with E-state index >= 15 is 0 Å². The van der Waals surface area contributed by atoms with Crippen LogP contribution in [0, 0.1) is 0 Å². The molecule has 0 N–H and O–H groups in total. The molecule has 2 aromatic rings. The lowest BCUT2D eigenvalue weighted by atomic mass is 9.96. The van der Waals surface area contributed by atoms with E-state index in [0.29, 0.717) is 5.76 Å². The summed E-state index contributed by atoms with van der Waals surface area (Å²) in [6.07, 6.45) is 7.90. The summed E-state index contributed by atoms with van der Waals surface area (Å²) < 4.78 is 5.40. The molecule has 21 heavy (non-hydrogen) atoms. The van der Waals surface area contributed by atoms with E-state index in [4.69, 9.17) is 4.52 Å². The topological polar surface area (TPSA) is 59.2 Å². The largest absolute Gasteiger partial charge is 0.350 e. The molecule has 1 aliphatic carbocycles. The molecule has 4 rings (SSSR count). The number of rotatable bonds is 2. The maximum absolute atomic E-state index is 12.9. The molecule has 1 atom stereocenters. The van der Waals surface area contributed by atoms with E-state index in [2.05, 4.69) is 10.1 Å². The molecule has 1 aliphatic heterocycles. The third-order valence-electron chi connectivity index (χ3n) is 4.40. The molecule has 2 aliphatic rings. The normalized spacial score (nSPS) is 21.5. The fourth-order valence-electron chi connectivity index (χ4n) is 3.35. The molecule has 110 valence electrons. The van der Waals surface area contributed by atoms with Crippen molar-refractivity contribution >= 4 is 17.2 Å². The minimum atomic E-state index is -0.0108. The quantitative estimate of drug-likeness (QED) is 0.855. The second kappa shape index (κ2) is 5.26. The molecule has 0 aromatic carbocycles. The van der Waals surface area contributed by atoms with E-state index in [1.165, 1.54) is 0 Å². The zero-order chi connectivity index (χ0) is 14.2. The van der Waals surface area contributed by atoms with Crippen molar-refractivity contribution in [1.82, 2.24) is 15.0 Å². The maximum atomic E-state index is 12.9. The van der Waals surface area contributed by atoms with Crippen LogP contribution >= 0.6 is 11.3 Å². The highest BCUT2D eigenvalue weighted by molar-refractivity contribution is 7.09. The van der Waals surface area contributed by atoms with Gasteiger partial charge in [-0.05, 0) is 38.5 Å². The predicted octanol–water partition coefficient (Wildman–Crippen LogP) is 2.99. The minimum absolute atomic E-state index is 0.0108. The second-order valence-electron chi connectivity index (χ2n) is 5.67. The summed E-state index contributed by atoms with van der Waals surface area (Å²) in [6, 6.07) is 0.0989. The lowest BCUT2D eigenvalue weighted by Gasteiger charge is -2.22. The van der Waals surface area contributed by atoms with Crippen molar-refractivity contribution < 1.29 is 9.32 Å². The van der Waals surface area contributed by atoms with Crippen LogP contribution in [0.15, 0.2) is 16.1 Å². The Morgan fingerprint density at radius 2 is 2.24 bits per heavy atom. The van der Waals surface area contributed by atoms with Gasteiger partial charge in [0.05, 0.1) is 11.7 Å². The number of carbonyl (C=O) groups excluding carboxylic acids is 1. The van der Waals surface area contributed by atoms with Gasteiger partial charge in [0.25, 0.3) is 5.91 Å². The number of nitrogens with zero attached hydrogens (tertiary/aromatic N) is 3. The molecule has 1 amide bonds. The van der Waals surface area contributed by atoms with Gasteiger partial charge < -0.3 is 9.42 Å². The highest BCUT2D eigenvalue weighted by Gasteiger charge is 2.36. The number of amides is 1. The Balaban J connectivity index is 1.63. The van der Waals surface area contributed by atoms with E-state index in [1.807, 2.05) is 10.3 Å². The molecule has 2 aromatic heterocycles. The van der Waals surface area contributed by atoms with E-state index in [0.717, 1.165) is 61.3 Å². The first-order valence-corrected chi connectivity index (χ1v) is 8.40. The predicted molar refractivity (Wildman–Crippen MR) is 78.3 cm³/mol. The molecular formula is C15H17N3O2S. The molecule has 0 saturated carbocycles. The third kappa shape index (κ3) is 2.18. The van der Waals surface area contributed by atoms with E-state index in [9.17, 15) is 4.79 Å². The van der Waals surface area contributed by atoms with E-state index < -0.39 is 0 Å². The average Bonchev–Trinajstić information content (AvgIpc) is 3.25. The van der Waals surface area contributed by atoms with Gasteiger partial charge in [0.15, 0.2) is 0 Å². The van der Waals surface area contributed by atoms with Crippen molar-refractivity contribution in [3.05, 3.63) is 33.6 Å².